The average Bonchev–Trinajstić information content (AvgIpc) is 2.65. The van der Waals surface area contributed by atoms with Gasteiger partial charge in [-0.1, -0.05) is 56.5 Å². The molecule has 0 aliphatic heterocycles. The van der Waals surface area contributed by atoms with Gasteiger partial charge in [0.15, 0.2) is 0 Å². The van der Waals surface area contributed by atoms with Crippen molar-refractivity contribution in [2.75, 3.05) is 0 Å². The van der Waals surface area contributed by atoms with Gasteiger partial charge in [0, 0.05) is 24.4 Å². The number of aryl methyl sites for hydroxylation is 1. The van der Waals surface area contributed by atoms with Gasteiger partial charge in [-0.05, 0) is 35.6 Å². The molecule has 0 saturated heterocycles. The van der Waals surface area contributed by atoms with Gasteiger partial charge < -0.3 is 9.15 Å². The third-order valence-corrected chi connectivity index (χ3v) is 4.56. The molecule has 3 aromatic rings. The number of fused-ring (bicyclic) bond motifs is 1. The summed E-state index contributed by atoms with van der Waals surface area (Å²) in [4.78, 5) is 23.6. The normalized spacial score (nSPS) is 10.9. The van der Waals surface area contributed by atoms with E-state index in [0.717, 1.165) is 47.8 Å². The Morgan fingerprint density at radius 3 is 2.52 bits per heavy atom. The molecular formula is C23H24O4. The molecule has 4 nitrogen and oxygen atoms in total. The van der Waals surface area contributed by atoms with E-state index in [-0.39, 0.29) is 5.97 Å². The van der Waals surface area contributed by atoms with Crippen LogP contribution in [0, 0.1) is 0 Å². The smallest absolute Gasteiger partial charge is 0.336 e. The van der Waals surface area contributed by atoms with Crippen molar-refractivity contribution in [3.63, 3.8) is 0 Å². The molecule has 140 valence electrons. The van der Waals surface area contributed by atoms with E-state index in [9.17, 15) is 9.59 Å². The number of unbranched alkanes of at least 4 members (excludes halogenated alkanes) is 3. The lowest BCUT2D eigenvalue weighted by Crippen LogP contribution is -2.05. The minimum atomic E-state index is -0.425. The second kappa shape index (κ2) is 8.67. The first-order valence-electron chi connectivity index (χ1n) is 9.43. The Bertz CT molecular complexity index is 986. The van der Waals surface area contributed by atoms with Gasteiger partial charge in [0.25, 0.3) is 0 Å². The van der Waals surface area contributed by atoms with Gasteiger partial charge in [0.2, 0.25) is 0 Å². The summed E-state index contributed by atoms with van der Waals surface area (Å²) in [6.45, 7) is 3.55. The predicted molar refractivity (Wildman–Crippen MR) is 107 cm³/mol. The first kappa shape index (κ1) is 18.9. The molecule has 1 aromatic heterocycles. The van der Waals surface area contributed by atoms with Gasteiger partial charge >= 0.3 is 11.6 Å². The van der Waals surface area contributed by atoms with Crippen molar-refractivity contribution in [2.24, 2.45) is 0 Å². The number of carbonyl (C=O) groups is 1. The quantitative estimate of drug-likeness (QED) is 0.240. The molecule has 3 rings (SSSR count). The molecule has 0 bridgehead atoms. The van der Waals surface area contributed by atoms with Gasteiger partial charge in [-0.25, -0.2) is 4.79 Å². The van der Waals surface area contributed by atoms with E-state index in [1.165, 1.54) is 19.4 Å². The summed E-state index contributed by atoms with van der Waals surface area (Å²) < 4.78 is 10.8. The Kier molecular flexibility index (Phi) is 6.07. The first-order valence-corrected chi connectivity index (χ1v) is 9.43. The minimum Gasteiger partial charge on any atom is -0.426 e. The third kappa shape index (κ3) is 4.64. The summed E-state index contributed by atoms with van der Waals surface area (Å²) in [6.07, 6.45) is 5.30. The zero-order valence-electron chi connectivity index (χ0n) is 15.8. The van der Waals surface area contributed by atoms with Crippen LogP contribution in [-0.2, 0) is 11.2 Å². The highest BCUT2D eigenvalue weighted by atomic mass is 16.5. The molecule has 0 fully saturated rings. The molecule has 1 heterocycles. The van der Waals surface area contributed by atoms with Gasteiger partial charge in [0.1, 0.15) is 11.3 Å². The molecule has 2 aromatic carbocycles. The maximum absolute atomic E-state index is 12.1. The lowest BCUT2D eigenvalue weighted by Gasteiger charge is -2.12. The Morgan fingerprint density at radius 2 is 1.81 bits per heavy atom. The molecule has 0 aliphatic rings. The molecule has 0 radical (unpaired) electrons. The molecule has 0 aliphatic carbocycles. The van der Waals surface area contributed by atoms with E-state index in [1.54, 1.807) is 6.07 Å². The van der Waals surface area contributed by atoms with Crippen molar-refractivity contribution in [1.29, 1.82) is 0 Å². The number of esters is 1. The van der Waals surface area contributed by atoms with Crippen molar-refractivity contribution in [2.45, 2.75) is 46.0 Å². The van der Waals surface area contributed by atoms with E-state index in [0.29, 0.717) is 11.3 Å². The molecule has 27 heavy (non-hydrogen) atoms. The summed E-state index contributed by atoms with van der Waals surface area (Å²) in [5, 5.41) is 0.849. The second-order valence-electron chi connectivity index (χ2n) is 6.71. The van der Waals surface area contributed by atoms with Gasteiger partial charge in [0.05, 0.1) is 0 Å². The van der Waals surface area contributed by atoms with Crippen LogP contribution < -0.4 is 10.4 Å². The minimum absolute atomic E-state index is 0.384. The number of hydrogen-bond acceptors (Lipinski definition) is 4. The van der Waals surface area contributed by atoms with E-state index in [2.05, 4.69) is 6.92 Å². The van der Waals surface area contributed by atoms with E-state index >= 15 is 0 Å². The Balaban J connectivity index is 2.12. The molecule has 0 spiro atoms. The van der Waals surface area contributed by atoms with Crippen molar-refractivity contribution < 1.29 is 13.9 Å². The second-order valence-corrected chi connectivity index (χ2v) is 6.71. The number of carbonyl (C=O) groups excluding carboxylic acids is 1. The third-order valence-electron chi connectivity index (χ3n) is 4.56. The fraction of sp³-hybridized carbons (Fsp3) is 0.304. The van der Waals surface area contributed by atoms with Gasteiger partial charge in [-0.3, -0.25) is 4.79 Å². The van der Waals surface area contributed by atoms with Crippen molar-refractivity contribution in [3.05, 3.63) is 64.5 Å². The highest BCUT2D eigenvalue weighted by molar-refractivity contribution is 5.94. The van der Waals surface area contributed by atoms with Crippen LogP contribution in [0.25, 0.3) is 22.1 Å². The first-order chi connectivity index (χ1) is 13.1. The highest BCUT2D eigenvalue weighted by Crippen LogP contribution is 2.33. The van der Waals surface area contributed by atoms with Crippen molar-refractivity contribution >= 4 is 16.9 Å². The summed E-state index contributed by atoms with van der Waals surface area (Å²) in [7, 11) is 0. The summed E-state index contributed by atoms with van der Waals surface area (Å²) >= 11 is 0. The summed E-state index contributed by atoms with van der Waals surface area (Å²) in [6, 6.07) is 14.9. The van der Waals surface area contributed by atoms with E-state index in [1.807, 2.05) is 36.4 Å². The zero-order chi connectivity index (χ0) is 19.2. The van der Waals surface area contributed by atoms with Crippen LogP contribution in [0.5, 0.6) is 5.75 Å². The predicted octanol–water partition coefficient (Wildman–Crippen LogP) is 5.51. The number of benzene rings is 2. The largest absolute Gasteiger partial charge is 0.426 e. The van der Waals surface area contributed by atoms with Crippen LogP contribution in [0.1, 0.15) is 45.1 Å². The number of rotatable bonds is 7. The standard InChI is InChI=1S/C23H24O4/c1-3-4-5-7-12-18-13-20-19(17-10-8-6-9-11-17)14-23(25)27-22(20)15-21(18)26-16(2)24/h6,8-11,13-15H,3-5,7,12H2,1-2H3. The fourth-order valence-corrected chi connectivity index (χ4v) is 3.28. The molecule has 0 unspecified atom stereocenters. The summed E-state index contributed by atoms with van der Waals surface area (Å²) in [5.74, 6) is 0.0885. The Morgan fingerprint density at radius 1 is 1.04 bits per heavy atom. The van der Waals surface area contributed by atoms with Crippen LogP contribution >= 0.6 is 0 Å². The highest BCUT2D eigenvalue weighted by Gasteiger charge is 2.14. The van der Waals surface area contributed by atoms with Crippen LogP contribution in [-0.4, -0.2) is 5.97 Å². The van der Waals surface area contributed by atoms with Crippen molar-refractivity contribution in [3.8, 4) is 16.9 Å². The lowest BCUT2D eigenvalue weighted by molar-refractivity contribution is -0.131. The molecule has 0 amide bonds. The van der Waals surface area contributed by atoms with E-state index < -0.39 is 5.63 Å². The van der Waals surface area contributed by atoms with Gasteiger partial charge in [-0.2, -0.15) is 0 Å². The van der Waals surface area contributed by atoms with Gasteiger partial charge in [-0.15, -0.1) is 0 Å². The van der Waals surface area contributed by atoms with Crippen LogP contribution in [0.3, 0.4) is 0 Å². The monoisotopic (exact) mass is 364 g/mol. The molecule has 0 atom stereocenters. The van der Waals surface area contributed by atoms with Crippen LogP contribution in [0.15, 0.2) is 57.7 Å². The maximum atomic E-state index is 12.1. The fourth-order valence-electron chi connectivity index (χ4n) is 3.28. The van der Waals surface area contributed by atoms with Crippen molar-refractivity contribution in [1.82, 2.24) is 0 Å². The Labute approximate surface area is 158 Å². The number of ether oxygens (including phenoxy) is 1. The Hall–Kier alpha value is -2.88. The molecule has 4 heteroatoms. The van der Waals surface area contributed by atoms with Crippen LogP contribution in [0.2, 0.25) is 0 Å². The SMILES string of the molecule is CCCCCCc1cc2c(-c3ccccc3)cc(=O)oc2cc1OC(C)=O. The molecular weight excluding hydrogens is 340 g/mol. The molecule has 0 saturated carbocycles. The lowest BCUT2D eigenvalue weighted by atomic mass is 9.98. The van der Waals surface area contributed by atoms with Crippen LogP contribution in [0.4, 0.5) is 0 Å². The topological polar surface area (TPSA) is 56.5 Å². The zero-order valence-corrected chi connectivity index (χ0v) is 15.8. The summed E-state index contributed by atoms with van der Waals surface area (Å²) in [5.41, 5.74) is 2.74. The average molecular weight is 364 g/mol. The number of hydrogen-bond donors (Lipinski definition) is 0. The maximum Gasteiger partial charge on any atom is 0.336 e. The molecule has 0 N–H and O–H groups in total. The van der Waals surface area contributed by atoms with E-state index in [4.69, 9.17) is 9.15 Å².